The Bertz CT molecular complexity index is 380. The Morgan fingerprint density at radius 1 is 1.33 bits per heavy atom. The van der Waals surface area contributed by atoms with Gasteiger partial charge in [0.25, 0.3) is 0 Å². The molecule has 4 heteroatoms. The van der Waals surface area contributed by atoms with E-state index < -0.39 is 6.43 Å². The number of thioether (sulfide) groups is 1. The lowest BCUT2D eigenvalue weighted by molar-refractivity contribution is -0.000740. The van der Waals surface area contributed by atoms with Crippen LogP contribution in [0, 0.1) is 5.92 Å². The number of aliphatic hydroxyl groups excluding tert-OH is 1. The summed E-state index contributed by atoms with van der Waals surface area (Å²) in [6.45, 7) is 2.09. The van der Waals surface area contributed by atoms with Gasteiger partial charge in [-0.2, -0.15) is 0 Å². The molecule has 1 aromatic carbocycles. The van der Waals surface area contributed by atoms with Crippen molar-refractivity contribution in [3.05, 3.63) is 29.8 Å². The minimum absolute atomic E-state index is 0.154. The third-order valence-corrected chi connectivity index (χ3v) is 4.69. The van der Waals surface area contributed by atoms with Gasteiger partial charge in [0.15, 0.2) is 0 Å². The number of benzene rings is 1. The van der Waals surface area contributed by atoms with Crippen molar-refractivity contribution in [1.29, 1.82) is 0 Å². The molecule has 1 aliphatic carbocycles. The molecule has 1 saturated carbocycles. The first-order valence-electron chi connectivity index (χ1n) is 6.30. The van der Waals surface area contributed by atoms with E-state index in [1.54, 1.807) is 0 Å². The van der Waals surface area contributed by atoms with Crippen molar-refractivity contribution in [1.82, 2.24) is 0 Å². The summed E-state index contributed by atoms with van der Waals surface area (Å²) in [5.74, 6) is 0.628. The van der Waals surface area contributed by atoms with E-state index in [0.717, 1.165) is 17.7 Å². The van der Waals surface area contributed by atoms with Crippen LogP contribution in [0.25, 0.3) is 0 Å². The van der Waals surface area contributed by atoms with Crippen LogP contribution in [-0.4, -0.2) is 23.4 Å². The maximum Gasteiger partial charge on any atom is 0.247 e. The summed E-state index contributed by atoms with van der Waals surface area (Å²) >= 11 is 1.18. The Morgan fingerprint density at radius 2 is 2.00 bits per heavy atom. The van der Waals surface area contributed by atoms with E-state index in [1.807, 2.05) is 24.3 Å². The van der Waals surface area contributed by atoms with E-state index in [0.29, 0.717) is 11.8 Å². The number of hydrogen-bond donors (Lipinski definition) is 1. The van der Waals surface area contributed by atoms with Crippen molar-refractivity contribution in [2.24, 2.45) is 5.92 Å². The minimum Gasteiger partial charge on any atom is -0.393 e. The lowest BCUT2D eigenvalue weighted by Crippen LogP contribution is -2.38. The summed E-state index contributed by atoms with van der Waals surface area (Å²) in [5, 5.41) is 9.65. The predicted octanol–water partition coefficient (Wildman–Crippen LogP) is 3.92. The summed E-state index contributed by atoms with van der Waals surface area (Å²) in [7, 11) is 0. The molecule has 0 radical (unpaired) electrons. The normalized spacial score (nSPS) is 27.3. The highest BCUT2D eigenvalue weighted by atomic mass is 32.2. The minimum atomic E-state index is -2.26. The lowest BCUT2D eigenvalue weighted by atomic mass is 9.66. The standard InChI is InChI=1S/C14H18F2OS/c1-2-11-12(7-13(11)17)9-3-5-10(6-4-9)18-8-14(15)16/h3-6,11-14,17H,2,7-8H2,1H3. The van der Waals surface area contributed by atoms with Gasteiger partial charge in [-0.15, -0.1) is 11.8 Å². The Kier molecular flexibility index (Phi) is 4.62. The zero-order valence-corrected chi connectivity index (χ0v) is 11.2. The zero-order chi connectivity index (χ0) is 13.1. The fourth-order valence-electron chi connectivity index (χ4n) is 2.59. The van der Waals surface area contributed by atoms with Crippen LogP contribution in [0.5, 0.6) is 0 Å². The zero-order valence-electron chi connectivity index (χ0n) is 10.4. The quantitative estimate of drug-likeness (QED) is 0.820. The predicted molar refractivity (Wildman–Crippen MR) is 70.3 cm³/mol. The average molecular weight is 272 g/mol. The highest BCUT2D eigenvalue weighted by molar-refractivity contribution is 7.99. The molecule has 0 saturated heterocycles. The number of alkyl halides is 2. The number of halogens is 2. The first-order chi connectivity index (χ1) is 8.61. The maximum atomic E-state index is 12.1. The highest BCUT2D eigenvalue weighted by Crippen LogP contribution is 2.44. The third kappa shape index (κ3) is 3.04. The van der Waals surface area contributed by atoms with E-state index in [9.17, 15) is 13.9 Å². The Morgan fingerprint density at radius 3 is 2.50 bits per heavy atom. The highest BCUT2D eigenvalue weighted by Gasteiger charge is 2.39. The fourth-order valence-corrected chi connectivity index (χ4v) is 3.24. The topological polar surface area (TPSA) is 20.2 Å². The van der Waals surface area contributed by atoms with Crippen LogP contribution in [0.15, 0.2) is 29.2 Å². The van der Waals surface area contributed by atoms with Gasteiger partial charge in [0.2, 0.25) is 6.43 Å². The van der Waals surface area contributed by atoms with Gasteiger partial charge in [-0.3, -0.25) is 0 Å². The number of hydrogen-bond acceptors (Lipinski definition) is 2. The summed E-state index contributed by atoms with van der Waals surface area (Å²) in [6.07, 6.45) is -0.635. The molecule has 3 unspecified atom stereocenters. The van der Waals surface area contributed by atoms with E-state index in [1.165, 1.54) is 17.3 Å². The molecule has 3 atom stereocenters. The molecule has 1 nitrogen and oxygen atoms in total. The number of aliphatic hydroxyl groups is 1. The first-order valence-corrected chi connectivity index (χ1v) is 7.29. The van der Waals surface area contributed by atoms with Crippen molar-refractivity contribution < 1.29 is 13.9 Å². The molecule has 1 aromatic rings. The second-order valence-electron chi connectivity index (χ2n) is 4.75. The van der Waals surface area contributed by atoms with Gasteiger partial charge in [-0.1, -0.05) is 25.5 Å². The second-order valence-corrected chi connectivity index (χ2v) is 5.85. The van der Waals surface area contributed by atoms with E-state index in [-0.39, 0.29) is 11.9 Å². The molecule has 1 fully saturated rings. The van der Waals surface area contributed by atoms with E-state index in [4.69, 9.17) is 0 Å². The Balaban J connectivity index is 1.95. The molecule has 1 N–H and O–H groups in total. The van der Waals surface area contributed by atoms with Crippen LogP contribution < -0.4 is 0 Å². The molecule has 0 aliphatic heterocycles. The lowest BCUT2D eigenvalue weighted by Gasteiger charge is -2.41. The average Bonchev–Trinajstić information content (AvgIpc) is 2.34. The van der Waals surface area contributed by atoms with Crippen LogP contribution in [0.2, 0.25) is 0 Å². The Labute approximate surface area is 111 Å². The van der Waals surface area contributed by atoms with Crippen LogP contribution in [-0.2, 0) is 0 Å². The molecule has 100 valence electrons. The van der Waals surface area contributed by atoms with Crippen LogP contribution >= 0.6 is 11.8 Å². The molecular weight excluding hydrogens is 254 g/mol. The first kappa shape index (κ1) is 13.8. The Hall–Kier alpha value is -0.610. The van der Waals surface area contributed by atoms with E-state index >= 15 is 0 Å². The van der Waals surface area contributed by atoms with Gasteiger partial charge < -0.3 is 5.11 Å². The molecule has 0 aromatic heterocycles. The summed E-state index contributed by atoms with van der Waals surface area (Å²) in [4.78, 5) is 0.881. The summed E-state index contributed by atoms with van der Waals surface area (Å²) in [5.41, 5.74) is 1.22. The third-order valence-electron chi connectivity index (χ3n) is 3.66. The summed E-state index contributed by atoms with van der Waals surface area (Å²) in [6, 6.07) is 7.82. The molecule has 0 spiro atoms. The second kappa shape index (κ2) is 6.02. The van der Waals surface area contributed by atoms with Crippen LogP contribution in [0.4, 0.5) is 8.78 Å². The van der Waals surface area contributed by atoms with Crippen LogP contribution in [0.3, 0.4) is 0 Å². The van der Waals surface area contributed by atoms with Crippen LogP contribution in [0.1, 0.15) is 31.2 Å². The van der Waals surface area contributed by atoms with Crippen molar-refractivity contribution in [3.63, 3.8) is 0 Å². The maximum absolute atomic E-state index is 12.1. The van der Waals surface area contributed by atoms with Gasteiger partial charge in [0.05, 0.1) is 11.9 Å². The molecule has 18 heavy (non-hydrogen) atoms. The van der Waals surface area contributed by atoms with Crippen molar-refractivity contribution in [2.75, 3.05) is 5.75 Å². The van der Waals surface area contributed by atoms with Crippen molar-refractivity contribution in [3.8, 4) is 0 Å². The largest absolute Gasteiger partial charge is 0.393 e. The van der Waals surface area contributed by atoms with Gasteiger partial charge in [-0.05, 0) is 36.0 Å². The van der Waals surface area contributed by atoms with Gasteiger partial charge in [0, 0.05) is 4.90 Å². The van der Waals surface area contributed by atoms with Crippen molar-refractivity contribution in [2.45, 2.75) is 43.1 Å². The molecule has 2 rings (SSSR count). The monoisotopic (exact) mass is 272 g/mol. The van der Waals surface area contributed by atoms with E-state index in [2.05, 4.69) is 6.92 Å². The molecule has 0 heterocycles. The van der Waals surface area contributed by atoms with Gasteiger partial charge in [-0.25, -0.2) is 8.78 Å². The van der Waals surface area contributed by atoms with Gasteiger partial charge in [0.1, 0.15) is 0 Å². The molecule has 0 bridgehead atoms. The summed E-state index contributed by atoms with van der Waals surface area (Å²) < 4.78 is 24.2. The smallest absolute Gasteiger partial charge is 0.247 e. The SMILES string of the molecule is CCC1C(O)CC1c1ccc(SCC(F)F)cc1. The van der Waals surface area contributed by atoms with Gasteiger partial charge >= 0.3 is 0 Å². The molecule has 0 amide bonds. The van der Waals surface area contributed by atoms with Crippen molar-refractivity contribution >= 4 is 11.8 Å². The molecule has 1 aliphatic rings. The fraction of sp³-hybridized carbons (Fsp3) is 0.571. The number of rotatable bonds is 5. The molecular formula is C14H18F2OS.